The zero-order valence-corrected chi connectivity index (χ0v) is 14.9. The van der Waals surface area contributed by atoms with Gasteiger partial charge in [-0.05, 0) is 31.0 Å². The average molecular weight is 357 g/mol. The molecule has 0 aliphatic carbocycles. The molecule has 1 fully saturated rings. The molecule has 1 unspecified atom stereocenters. The molecule has 0 radical (unpaired) electrons. The van der Waals surface area contributed by atoms with Crippen LogP contribution < -0.4 is 5.32 Å². The van der Waals surface area contributed by atoms with Crippen LogP contribution in [-0.4, -0.2) is 68.6 Å². The molecule has 134 valence electrons. The van der Waals surface area contributed by atoms with Gasteiger partial charge in [0, 0.05) is 32.7 Å². The van der Waals surface area contributed by atoms with Crippen molar-refractivity contribution < 1.29 is 17.6 Å². The lowest BCUT2D eigenvalue weighted by Crippen LogP contribution is -2.54. The molecule has 2 rings (SSSR count). The van der Waals surface area contributed by atoms with E-state index < -0.39 is 10.0 Å². The van der Waals surface area contributed by atoms with Gasteiger partial charge < -0.3 is 5.32 Å². The van der Waals surface area contributed by atoms with Crippen molar-refractivity contribution in [2.45, 2.75) is 19.4 Å². The number of halogens is 1. The first-order valence-electron chi connectivity index (χ1n) is 7.98. The monoisotopic (exact) mass is 357 g/mol. The van der Waals surface area contributed by atoms with Crippen molar-refractivity contribution in [2.75, 3.05) is 39.0 Å². The smallest absolute Gasteiger partial charge is 0.237 e. The molecule has 0 bridgehead atoms. The number of amides is 1. The molecule has 1 aromatic rings. The molecular weight excluding hydrogens is 333 g/mol. The third kappa shape index (κ3) is 5.25. The van der Waals surface area contributed by atoms with Gasteiger partial charge in [-0.25, -0.2) is 12.8 Å². The maximum Gasteiger partial charge on any atom is 0.237 e. The molecular formula is C16H24FN3O3S. The molecule has 1 aromatic carbocycles. The number of sulfonamides is 1. The first-order chi connectivity index (χ1) is 11.3. The highest BCUT2D eigenvalue weighted by atomic mass is 32.2. The molecule has 0 saturated carbocycles. The van der Waals surface area contributed by atoms with Crippen molar-refractivity contribution in [1.82, 2.24) is 14.5 Å². The molecule has 1 amide bonds. The van der Waals surface area contributed by atoms with Crippen LogP contribution in [0.15, 0.2) is 24.3 Å². The van der Waals surface area contributed by atoms with E-state index in [1.807, 2.05) is 11.8 Å². The van der Waals surface area contributed by atoms with Crippen LogP contribution in [0.1, 0.15) is 12.5 Å². The maximum absolute atomic E-state index is 12.8. The van der Waals surface area contributed by atoms with Crippen molar-refractivity contribution >= 4 is 15.9 Å². The average Bonchev–Trinajstić information content (AvgIpc) is 2.55. The second-order valence-corrected chi connectivity index (χ2v) is 8.02. The minimum absolute atomic E-state index is 0.0788. The van der Waals surface area contributed by atoms with E-state index in [0.717, 1.165) is 5.56 Å². The van der Waals surface area contributed by atoms with E-state index in [-0.39, 0.29) is 17.8 Å². The van der Waals surface area contributed by atoms with E-state index >= 15 is 0 Å². The van der Waals surface area contributed by atoms with Crippen molar-refractivity contribution in [3.8, 4) is 0 Å². The molecule has 1 aliphatic rings. The zero-order chi connectivity index (χ0) is 17.7. The number of piperazine rings is 1. The number of benzene rings is 1. The Labute approximate surface area is 142 Å². The van der Waals surface area contributed by atoms with Crippen molar-refractivity contribution in [3.05, 3.63) is 35.6 Å². The molecule has 0 aromatic heterocycles. The zero-order valence-electron chi connectivity index (χ0n) is 14.0. The molecule has 1 saturated heterocycles. The molecule has 24 heavy (non-hydrogen) atoms. The second-order valence-electron chi connectivity index (χ2n) is 6.04. The Morgan fingerprint density at radius 3 is 2.33 bits per heavy atom. The third-order valence-corrected chi connectivity index (χ3v) is 5.60. The fraction of sp³-hybridized carbons (Fsp3) is 0.562. The van der Waals surface area contributed by atoms with Gasteiger partial charge in [0.05, 0.1) is 12.3 Å². The number of carbonyl (C=O) groups excluding carboxylic acids is 1. The minimum Gasteiger partial charge on any atom is -0.354 e. The summed E-state index contributed by atoms with van der Waals surface area (Å²) >= 11 is 0. The van der Waals surface area contributed by atoms with Gasteiger partial charge in [0.1, 0.15) is 5.82 Å². The van der Waals surface area contributed by atoms with E-state index in [9.17, 15) is 17.6 Å². The molecule has 1 atom stereocenters. The van der Waals surface area contributed by atoms with Crippen LogP contribution in [0, 0.1) is 5.82 Å². The number of hydrogen-bond donors (Lipinski definition) is 1. The number of nitrogens with zero attached hydrogens (tertiary/aromatic N) is 2. The van der Waals surface area contributed by atoms with Gasteiger partial charge in [0.2, 0.25) is 15.9 Å². The Kier molecular flexibility index (Phi) is 6.31. The van der Waals surface area contributed by atoms with E-state index in [1.165, 1.54) is 22.7 Å². The van der Waals surface area contributed by atoms with Crippen LogP contribution in [0.4, 0.5) is 4.39 Å². The fourth-order valence-electron chi connectivity index (χ4n) is 2.72. The quantitative estimate of drug-likeness (QED) is 0.803. The lowest BCUT2D eigenvalue weighted by Gasteiger charge is -2.36. The topological polar surface area (TPSA) is 69.7 Å². The van der Waals surface area contributed by atoms with Crippen molar-refractivity contribution in [3.63, 3.8) is 0 Å². The lowest BCUT2D eigenvalue weighted by atomic mass is 10.1. The van der Waals surface area contributed by atoms with E-state index in [0.29, 0.717) is 39.1 Å². The summed E-state index contributed by atoms with van der Waals surface area (Å²) in [7, 11) is -3.16. The maximum atomic E-state index is 12.8. The van der Waals surface area contributed by atoms with Crippen LogP contribution in [0.5, 0.6) is 0 Å². The van der Waals surface area contributed by atoms with Gasteiger partial charge in [0.15, 0.2) is 0 Å². The van der Waals surface area contributed by atoms with Gasteiger partial charge in [-0.1, -0.05) is 12.1 Å². The van der Waals surface area contributed by atoms with Crippen LogP contribution >= 0.6 is 0 Å². The Balaban J connectivity index is 1.75. The highest BCUT2D eigenvalue weighted by Crippen LogP contribution is 2.09. The Hall–Kier alpha value is -1.51. The summed E-state index contributed by atoms with van der Waals surface area (Å²) < 4.78 is 37.3. The number of hydrogen-bond acceptors (Lipinski definition) is 4. The highest BCUT2D eigenvalue weighted by Gasteiger charge is 2.28. The number of rotatable bonds is 6. The SMILES string of the molecule is CC(C(=O)NCCc1ccc(F)cc1)N1CCN(S(C)(=O)=O)CC1. The Morgan fingerprint density at radius 1 is 1.21 bits per heavy atom. The van der Waals surface area contributed by atoms with Crippen LogP contribution in [-0.2, 0) is 21.2 Å². The van der Waals surface area contributed by atoms with Gasteiger partial charge in [-0.3, -0.25) is 9.69 Å². The summed E-state index contributed by atoms with van der Waals surface area (Å²) in [4.78, 5) is 14.2. The van der Waals surface area contributed by atoms with Gasteiger partial charge in [-0.2, -0.15) is 4.31 Å². The van der Waals surface area contributed by atoms with Crippen LogP contribution in [0.25, 0.3) is 0 Å². The number of carbonyl (C=O) groups is 1. The van der Waals surface area contributed by atoms with Gasteiger partial charge in [-0.15, -0.1) is 0 Å². The Bertz CT molecular complexity index is 656. The second kappa shape index (κ2) is 8.04. The summed E-state index contributed by atoms with van der Waals surface area (Å²) in [6.07, 6.45) is 1.84. The summed E-state index contributed by atoms with van der Waals surface area (Å²) in [6.45, 7) is 4.21. The summed E-state index contributed by atoms with van der Waals surface area (Å²) in [5.41, 5.74) is 0.964. The fourth-order valence-corrected chi connectivity index (χ4v) is 3.54. The van der Waals surface area contributed by atoms with Gasteiger partial charge >= 0.3 is 0 Å². The summed E-state index contributed by atoms with van der Waals surface area (Å²) in [6, 6.07) is 5.91. The van der Waals surface area contributed by atoms with E-state index in [2.05, 4.69) is 5.32 Å². The standard InChI is InChI=1S/C16H24FN3O3S/c1-13(19-9-11-20(12-10-19)24(2,22)23)16(21)18-8-7-14-3-5-15(17)6-4-14/h3-6,13H,7-12H2,1-2H3,(H,18,21). The predicted octanol–water partition coefficient (Wildman–Crippen LogP) is 0.450. The van der Waals surface area contributed by atoms with Crippen LogP contribution in [0.2, 0.25) is 0 Å². The van der Waals surface area contributed by atoms with Gasteiger partial charge in [0.25, 0.3) is 0 Å². The summed E-state index contributed by atoms with van der Waals surface area (Å²) in [5.74, 6) is -0.352. The van der Waals surface area contributed by atoms with E-state index in [4.69, 9.17) is 0 Å². The summed E-state index contributed by atoms with van der Waals surface area (Å²) in [5, 5.41) is 2.88. The molecule has 1 heterocycles. The predicted molar refractivity (Wildman–Crippen MR) is 90.6 cm³/mol. The number of nitrogens with one attached hydrogen (secondary N) is 1. The van der Waals surface area contributed by atoms with Crippen molar-refractivity contribution in [2.24, 2.45) is 0 Å². The molecule has 1 aliphatic heterocycles. The molecule has 6 nitrogen and oxygen atoms in total. The first kappa shape index (κ1) is 18.8. The largest absolute Gasteiger partial charge is 0.354 e. The van der Waals surface area contributed by atoms with Crippen LogP contribution in [0.3, 0.4) is 0 Å². The molecule has 8 heteroatoms. The third-order valence-electron chi connectivity index (χ3n) is 4.30. The first-order valence-corrected chi connectivity index (χ1v) is 9.83. The molecule has 0 spiro atoms. The Morgan fingerprint density at radius 2 is 1.79 bits per heavy atom. The molecule has 1 N–H and O–H groups in total. The normalized spacial score (nSPS) is 18.3. The van der Waals surface area contributed by atoms with E-state index in [1.54, 1.807) is 12.1 Å². The minimum atomic E-state index is -3.16. The lowest BCUT2D eigenvalue weighted by molar-refractivity contribution is -0.126. The highest BCUT2D eigenvalue weighted by molar-refractivity contribution is 7.88. The van der Waals surface area contributed by atoms with Crippen molar-refractivity contribution in [1.29, 1.82) is 0 Å².